The molecule has 9 heteroatoms. The molecule has 29 heavy (non-hydrogen) atoms. The van der Waals surface area contributed by atoms with Gasteiger partial charge in [-0.2, -0.15) is 5.10 Å². The molecular formula is C20H24FN5O3. The second kappa shape index (κ2) is 8.02. The van der Waals surface area contributed by atoms with Crippen LogP contribution in [0.4, 0.5) is 4.39 Å². The molecule has 0 aliphatic rings. The first kappa shape index (κ1) is 20.5. The van der Waals surface area contributed by atoms with Gasteiger partial charge in [0.1, 0.15) is 17.9 Å². The van der Waals surface area contributed by atoms with Crippen LogP contribution in [0.3, 0.4) is 0 Å². The van der Waals surface area contributed by atoms with Crippen LogP contribution in [0.25, 0.3) is 11.0 Å². The standard InChI is InChI=1S/C20H24FN5O3/c1-5-26-18-17(13(4)23-26)24(11-16(27)22-12(2)3)20(29)25(19(18)28)10-14-6-8-15(21)9-7-14/h6-9,12H,5,10-11H2,1-4H3,(H,22,27). The Balaban J connectivity index is 2.23. The zero-order valence-electron chi connectivity index (χ0n) is 16.9. The van der Waals surface area contributed by atoms with E-state index in [2.05, 4.69) is 10.4 Å². The number of nitrogens with zero attached hydrogens (tertiary/aromatic N) is 4. The highest BCUT2D eigenvalue weighted by Crippen LogP contribution is 2.14. The molecule has 0 fully saturated rings. The van der Waals surface area contributed by atoms with E-state index in [0.29, 0.717) is 23.3 Å². The van der Waals surface area contributed by atoms with Gasteiger partial charge in [-0.25, -0.2) is 9.18 Å². The average molecular weight is 401 g/mol. The summed E-state index contributed by atoms with van der Waals surface area (Å²) in [7, 11) is 0. The van der Waals surface area contributed by atoms with Gasteiger partial charge in [0.25, 0.3) is 5.56 Å². The molecule has 1 aromatic carbocycles. The predicted octanol–water partition coefficient (Wildman–Crippen LogP) is 1.40. The second-order valence-electron chi connectivity index (χ2n) is 7.21. The molecule has 3 rings (SSSR count). The first-order chi connectivity index (χ1) is 13.7. The Morgan fingerprint density at radius 1 is 1.14 bits per heavy atom. The van der Waals surface area contributed by atoms with Crippen molar-refractivity contribution in [3.8, 4) is 0 Å². The molecule has 0 atom stereocenters. The number of aryl methyl sites for hydroxylation is 2. The molecule has 3 aromatic rings. The molecule has 0 aliphatic carbocycles. The third-order valence-corrected chi connectivity index (χ3v) is 4.58. The fourth-order valence-corrected chi connectivity index (χ4v) is 3.36. The molecule has 8 nitrogen and oxygen atoms in total. The normalized spacial score (nSPS) is 11.4. The Hall–Kier alpha value is -3.23. The quantitative estimate of drug-likeness (QED) is 0.676. The summed E-state index contributed by atoms with van der Waals surface area (Å²) in [4.78, 5) is 38.7. The van der Waals surface area contributed by atoms with Crippen molar-refractivity contribution in [2.45, 2.75) is 53.4 Å². The minimum atomic E-state index is -0.607. The van der Waals surface area contributed by atoms with Crippen LogP contribution >= 0.6 is 0 Å². The number of fused-ring (bicyclic) bond motifs is 1. The Kier molecular flexibility index (Phi) is 5.67. The van der Waals surface area contributed by atoms with Crippen molar-refractivity contribution in [1.82, 2.24) is 24.2 Å². The Labute approximate surface area is 166 Å². The van der Waals surface area contributed by atoms with Gasteiger partial charge in [0.15, 0.2) is 5.52 Å². The maximum atomic E-state index is 13.2. The van der Waals surface area contributed by atoms with Gasteiger partial charge in [-0.05, 0) is 45.4 Å². The minimum Gasteiger partial charge on any atom is -0.352 e. The molecule has 0 aliphatic heterocycles. The number of carbonyl (C=O) groups is 1. The lowest BCUT2D eigenvalue weighted by Gasteiger charge is -2.14. The summed E-state index contributed by atoms with van der Waals surface area (Å²) >= 11 is 0. The van der Waals surface area contributed by atoms with Crippen LogP contribution in [-0.4, -0.2) is 30.9 Å². The highest BCUT2D eigenvalue weighted by atomic mass is 19.1. The predicted molar refractivity (Wildman–Crippen MR) is 107 cm³/mol. The number of carbonyl (C=O) groups excluding carboxylic acids is 1. The van der Waals surface area contributed by atoms with E-state index in [9.17, 15) is 18.8 Å². The van der Waals surface area contributed by atoms with Crippen LogP contribution in [0.1, 0.15) is 32.0 Å². The third kappa shape index (κ3) is 3.98. The minimum absolute atomic E-state index is 0.0341. The Bertz CT molecular complexity index is 1170. The monoisotopic (exact) mass is 401 g/mol. The lowest BCUT2D eigenvalue weighted by Crippen LogP contribution is -2.44. The van der Waals surface area contributed by atoms with Crippen LogP contribution in [0.15, 0.2) is 33.9 Å². The molecule has 0 radical (unpaired) electrons. The number of halogens is 1. The first-order valence-corrected chi connectivity index (χ1v) is 9.47. The van der Waals surface area contributed by atoms with Crippen molar-refractivity contribution in [1.29, 1.82) is 0 Å². The molecule has 2 heterocycles. The maximum Gasteiger partial charge on any atom is 0.332 e. The molecule has 1 N–H and O–H groups in total. The smallest absolute Gasteiger partial charge is 0.332 e. The van der Waals surface area contributed by atoms with Crippen molar-refractivity contribution in [3.63, 3.8) is 0 Å². The highest BCUT2D eigenvalue weighted by molar-refractivity contribution is 5.81. The molecule has 0 spiro atoms. The molecule has 1 amide bonds. The van der Waals surface area contributed by atoms with Gasteiger partial charge in [-0.1, -0.05) is 12.1 Å². The molecule has 0 bridgehead atoms. The summed E-state index contributed by atoms with van der Waals surface area (Å²) < 4.78 is 17.1. The largest absolute Gasteiger partial charge is 0.352 e. The van der Waals surface area contributed by atoms with E-state index < -0.39 is 17.1 Å². The topological polar surface area (TPSA) is 90.9 Å². The number of benzene rings is 1. The second-order valence-corrected chi connectivity index (χ2v) is 7.21. The average Bonchev–Trinajstić information content (AvgIpc) is 2.99. The summed E-state index contributed by atoms with van der Waals surface area (Å²) in [5.41, 5.74) is 0.631. The van der Waals surface area contributed by atoms with E-state index >= 15 is 0 Å². The van der Waals surface area contributed by atoms with E-state index in [0.717, 1.165) is 4.57 Å². The molecule has 2 aromatic heterocycles. The number of rotatable bonds is 6. The molecule has 154 valence electrons. The summed E-state index contributed by atoms with van der Waals surface area (Å²) in [6.45, 7) is 7.37. The lowest BCUT2D eigenvalue weighted by molar-refractivity contribution is -0.122. The molecule has 0 saturated heterocycles. The number of hydrogen-bond acceptors (Lipinski definition) is 4. The summed E-state index contributed by atoms with van der Waals surface area (Å²) in [6.07, 6.45) is 0. The van der Waals surface area contributed by atoms with Crippen molar-refractivity contribution >= 4 is 16.9 Å². The fourth-order valence-electron chi connectivity index (χ4n) is 3.36. The molecule has 0 unspecified atom stereocenters. The van der Waals surface area contributed by atoms with Crippen LogP contribution in [0, 0.1) is 12.7 Å². The van der Waals surface area contributed by atoms with Crippen molar-refractivity contribution in [2.24, 2.45) is 0 Å². The van der Waals surface area contributed by atoms with Crippen molar-refractivity contribution in [3.05, 3.63) is 62.2 Å². The van der Waals surface area contributed by atoms with Gasteiger partial charge >= 0.3 is 5.69 Å². The summed E-state index contributed by atoms with van der Waals surface area (Å²) in [6, 6.07) is 5.49. The van der Waals surface area contributed by atoms with Crippen LogP contribution < -0.4 is 16.6 Å². The fraction of sp³-hybridized carbons (Fsp3) is 0.400. The van der Waals surface area contributed by atoms with Gasteiger partial charge in [-0.3, -0.25) is 23.4 Å². The van der Waals surface area contributed by atoms with Crippen LogP contribution in [0.5, 0.6) is 0 Å². The van der Waals surface area contributed by atoms with Gasteiger partial charge in [0, 0.05) is 12.6 Å². The van der Waals surface area contributed by atoms with Gasteiger partial charge < -0.3 is 5.32 Å². The third-order valence-electron chi connectivity index (χ3n) is 4.58. The van der Waals surface area contributed by atoms with Gasteiger partial charge in [-0.15, -0.1) is 0 Å². The molecule has 0 saturated carbocycles. The number of hydrogen-bond donors (Lipinski definition) is 1. The maximum absolute atomic E-state index is 13.2. The summed E-state index contributed by atoms with van der Waals surface area (Å²) in [5.74, 6) is -0.738. The first-order valence-electron chi connectivity index (χ1n) is 9.47. The Morgan fingerprint density at radius 2 is 1.79 bits per heavy atom. The van der Waals surface area contributed by atoms with E-state index in [-0.39, 0.29) is 30.6 Å². The SMILES string of the molecule is CCn1nc(C)c2c1c(=O)n(Cc1ccc(F)cc1)c(=O)n2CC(=O)NC(C)C. The number of amides is 1. The van der Waals surface area contributed by atoms with E-state index in [1.165, 1.54) is 33.5 Å². The van der Waals surface area contributed by atoms with E-state index in [1.807, 2.05) is 20.8 Å². The van der Waals surface area contributed by atoms with Crippen molar-refractivity contribution in [2.75, 3.05) is 0 Å². The van der Waals surface area contributed by atoms with E-state index in [1.54, 1.807) is 6.92 Å². The number of nitrogens with one attached hydrogen (secondary N) is 1. The van der Waals surface area contributed by atoms with Gasteiger partial charge in [0.2, 0.25) is 5.91 Å². The van der Waals surface area contributed by atoms with Crippen molar-refractivity contribution < 1.29 is 9.18 Å². The number of aromatic nitrogens is 4. The van der Waals surface area contributed by atoms with Crippen LogP contribution in [-0.2, 0) is 24.4 Å². The van der Waals surface area contributed by atoms with Crippen LogP contribution in [0.2, 0.25) is 0 Å². The molecular weight excluding hydrogens is 377 g/mol. The lowest BCUT2D eigenvalue weighted by atomic mass is 10.2. The van der Waals surface area contributed by atoms with E-state index in [4.69, 9.17) is 0 Å². The highest BCUT2D eigenvalue weighted by Gasteiger charge is 2.21. The zero-order chi connectivity index (χ0) is 21.3. The summed E-state index contributed by atoms with van der Waals surface area (Å²) in [5, 5.41) is 7.12. The Morgan fingerprint density at radius 3 is 2.38 bits per heavy atom. The van der Waals surface area contributed by atoms with Gasteiger partial charge in [0.05, 0.1) is 12.2 Å². The zero-order valence-corrected chi connectivity index (χ0v) is 16.9.